The first-order valence-electron chi connectivity index (χ1n) is 2.77. The van der Waals surface area contributed by atoms with Crippen LogP contribution in [0.25, 0.3) is 0 Å². The third-order valence-electron chi connectivity index (χ3n) is 0.787. The van der Waals surface area contributed by atoms with Gasteiger partial charge in [-0.15, -0.1) is 0 Å². The number of hydrogen-bond acceptors (Lipinski definition) is 6. The maximum absolute atomic E-state index is 8.19. The zero-order chi connectivity index (χ0) is 9.40. The second-order valence-electron chi connectivity index (χ2n) is 1.55. The minimum atomic E-state index is -1.24. The van der Waals surface area contributed by atoms with Crippen molar-refractivity contribution in [3.63, 3.8) is 0 Å². The number of azo groups is 1. The topological polar surface area (TPSA) is 120 Å². The smallest absolute Gasteiger partial charge is 0.195 e. The first-order chi connectivity index (χ1) is 5.78. The molecule has 0 fully saturated rings. The Bertz CT molecular complexity index is 267. The molecule has 0 amide bonds. The van der Waals surface area contributed by atoms with Gasteiger partial charge in [0.15, 0.2) is 0 Å². The van der Waals surface area contributed by atoms with Crippen LogP contribution >= 0.6 is 0 Å². The Morgan fingerprint density at radius 3 is 1.08 bits per heavy atom. The van der Waals surface area contributed by atoms with Crippen molar-refractivity contribution in [2.45, 2.75) is 12.1 Å². The SMILES string of the molecule is N#CC(C#N)/N=N/C(C#N)C#N. The number of nitrogens with zero attached hydrogens (tertiary/aromatic N) is 6. The molecule has 0 heterocycles. The van der Waals surface area contributed by atoms with Crippen LogP contribution in [0.1, 0.15) is 0 Å². The molecular weight excluding hydrogens is 156 g/mol. The van der Waals surface area contributed by atoms with Gasteiger partial charge in [-0.25, -0.2) is 0 Å². The molecule has 0 radical (unpaired) electrons. The maximum Gasteiger partial charge on any atom is 0.242 e. The van der Waals surface area contributed by atoms with Gasteiger partial charge in [-0.05, 0) is 0 Å². The summed E-state index contributed by atoms with van der Waals surface area (Å²) in [6.45, 7) is 0. The molecule has 56 valence electrons. The fourth-order valence-corrected chi connectivity index (χ4v) is 0.294. The predicted octanol–water partition coefficient (Wildman–Crippen LogP) is 0.270. The van der Waals surface area contributed by atoms with Crippen molar-refractivity contribution in [2.24, 2.45) is 10.2 Å². The highest BCUT2D eigenvalue weighted by Crippen LogP contribution is 1.92. The van der Waals surface area contributed by atoms with E-state index in [1.807, 2.05) is 0 Å². The minimum absolute atomic E-state index is 1.24. The van der Waals surface area contributed by atoms with E-state index in [4.69, 9.17) is 21.0 Å². The Labute approximate surface area is 68.6 Å². The third-order valence-corrected chi connectivity index (χ3v) is 0.787. The molecule has 6 nitrogen and oxygen atoms in total. The van der Waals surface area contributed by atoms with Gasteiger partial charge in [0.1, 0.15) is 24.3 Å². The van der Waals surface area contributed by atoms with E-state index in [2.05, 4.69) is 10.2 Å². The van der Waals surface area contributed by atoms with Gasteiger partial charge in [-0.3, -0.25) is 0 Å². The zero-order valence-electron chi connectivity index (χ0n) is 5.84. The molecule has 0 spiro atoms. The third kappa shape index (κ3) is 2.92. The first-order valence-corrected chi connectivity index (χ1v) is 2.77. The molecule has 0 aromatic heterocycles. The molecule has 0 saturated carbocycles. The van der Waals surface area contributed by atoms with Crippen molar-refractivity contribution < 1.29 is 0 Å². The zero-order valence-corrected chi connectivity index (χ0v) is 5.84. The largest absolute Gasteiger partial charge is 0.242 e. The summed E-state index contributed by atoms with van der Waals surface area (Å²) in [6.07, 6.45) is 0. The molecule has 12 heavy (non-hydrogen) atoms. The van der Waals surface area contributed by atoms with Gasteiger partial charge in [-0.2, -0.15) is 31.3 Å². The lowest BCUT2D eigenvalue weighted by Gasteiger charge is -1.87. The monoisotopic (exact) mass is 158 g/mol. The Morgan fingerprint density at radius 1 is 0.667 bits per heavy atom. The normalized spacial score (nSPS) is 8.83. The highest BCUT2D eigenvalue weighted by Gasteiger charge is 2.04. The van der Waals surface area contributed by atoms with E-state index in [0.717, 1.165) is 0 Å². The summed E-state index contributed by atoms with van der Waals surface area (Å²) in [4.78, 5) is 0. The molecule has 0 aromatic carbocycles. The van der Waals surface area contributed by atoms with Crippen molar-refractivity contribution >= 4 is 0 Å². The molecule has 0 unspecified atom stereocenters. The minimum Gasteiger partial charge on any atom is -0.195 e. The highest BCUT2D eigenvalue weighted by atomic mass is 15.1. The van der Waals surface area contributed by atoms with Crippen LogP contribution in [0.4, 0.5) is 0 Å². The van der Waals surface area contributed by atoms with Crippen LogP contribution in [-0.2, 0) is 0 Å². The Hall–Kier alpha value is -2.44. The fourth-order valence-electron chi connectivity index (χ4n) is 0.294. The maximum atomic E-state index is 8.19. The van der Waals surface area contributed by atoms with E-state index in [1.54, 1.807) is 0 Å². The molecule has 0 saturated heterocycles. The summed E-state index contributed by atoms with van der Waals surface area (Å²) < 4.78 is 0. The van der Waals surface area contributed by atoms with E-state index in [0.29, 0.717) is 0 Å². The quantitative estimate of drug-likeness (QED) is 0.535. The summed E-state index contributed by atoms with van der Waals surface area (Å²) in [6, 6.07) is 3.58. The van der Waals surface area contributed by atoms with E-state index >= 15 is 0 Å². The average molecular weight is 158 g/mol. The standard InChI is InChI=1S/C6H2N6/c7-1-5(2-8)11-12-6(3-9)4-10/h5-6H/b12-11+. The fraction of sp³-hybridized carbons (Fsp3) is 0.333. The molecule has 0 bridgehead atoms. The van der Waals surface area contributed by atoms with E-state index in [1.165, 1.54) is 24.3 Å². The number of rotatable bonds is 2. The Kier molecular flexibility index (Phi) is 4.26. The second kappa shape index (κ2) is 5.35. The molecule has 0 aliphatic heterocycles. The number of hydrogen-bond donors (Lipinski definition) is 0. The molecule has 0 aliphatic carbocycles. The lowest BCUT2D eigenvalue weighted by Crippen LogP contribution is -1.99. The second-order valence-corrected chi connectivity index (χ2v) is 1.55. The summed E-state index contributed by atoms with van der Waals surface area (Å²) >= 11 is 0. The van der Waals surface area contributed by atoms with Crippen molar-refractivity contribution in [1.82, 2.24) is 0 Å². The van der Waals surface area contributed by atoms with Crippen LogP contribution < -0.4 is 0 Å². The van der Waals surface area contributed by atoms with Crippen LogP contribution in [0.3, 0.4) is 0 Å². The van der Waals surface area contributed by atoms with Gasteiger partial charge in [-0.1, -0.05) is 0 Å². The van der Waals surface area contributed by atoms with Crippen LogP contribution in [-0.4, -0.2) is 12.1 Å². The van der Waals surface area contributed by atoms with Crippen molar-refractivity contribution in [1.29, 1.82) is 21.0 Å². The highest BCUT2D eigenvalue weighted by molar-refractivity contribution is 5.08. The lowest BCUT2D eigenvalue weighted by molar-refractivity contribution is 0.844. The summed E-state index contributed by atoms with van der Waals surface area (Å²) in [7, 11) is 0. The Morgan fingerprint density at radius 2 is 0.917 bits per heavy atom. The first kappa shape index (κ1) is 9.56. The predicted molar refractivity (Wildman–Crippen MR) is 34.9 cm³/mol. The van der Waals surface area contributed by atoms with Gasteiger partial charge in [0.05, 0.1) is 0 Å². The van der Waals surface area contributed by atoms with Gasteiger partial charge >= 0.3 is 0 Å². The van der Waals surface area contributed by atoms with Crippen LogP contribution in [0, 0.1) is 45.3 Å². The van der Waals surface area contributed by atoms with E-state index in [9.17, 15) is 0 Å². The molecule has 0 N–H and O–H groups in total. The van der Waals surface area contributed by atoms with Crippen LogP contribution in [0.2, 0.25) is 0 Å². The Balaban J connectivity index is 4.30. The lowest BCUT2D eigenvalue weighted by atomic mass is 10.4. The summed E-state index contributed by atoms with van der Waals surface area (Å²) in [5.41, 5.74) is 0. The van der Waals surface area contributed by atoms with Crippen molar-refractivity contribution in [3.05, 3.63) is 0 Å². The molecule has 0 aromatic rings. The molecular formula is C6H2N6. The molecule has 6 heteroatoms. The van der Waals surface area contributed by atoms with Gasteiger partial charge in [0.2, 0.25) is 12.1 Å². The van der Waals surface area contributed by atoms with Crippen molar-refractivity contribution in [3.8, 4) is 24.3 Å². The van der Waals surface area contributed by atoms with Crippen LogP contribution in [0.5, 0.6) is 0 Å². The summed E-state index contributed by atoms with van der Waals surface area (Å²) in [5, 5.41) is 39.1. The average Bonchev–Trinajstić information content (AvgIpc) is 2.13. The van der Waals surface area contributed by atoms with Gasteiger partial charge in [0.25, 0.3) is 0 Å². The van der Waals surface area contributed by atoms with E-state index in [-0.39, 0.29) is 0 Å². The summed E-state index contributed by atoms with van der Waals surface area (Å²) in [5.74, 6) is 0. The van der Waals surface area contributed by atoms with Crippen molar-refractivity contribution in [2.75, 3.05) is 0 Å². The van der Waals surface area contributed by atoms with Gasteiger partial charge < -0.3 is 0 Å². The van der Waals surface area contributed by atoms with E-state index < -0.39 is 12.1 Å². The molecule has 0 rings (SSSR count). The molecule has 0 atom stereocenters. The number of nitriles is 4. The molecule has 0 aliphatic rings. The van der Waals surface area contributed by atoms with Crippen LogP contribution in [0.15, 0.2) is 10.2 Å². The van der Waals surface area contributed by atoms with Gasteiger partial charge in [0, 0.05) is 0 Å².